The number of amides is 1. The number of nitrogens with zero attached hydrogens (tertiary/aromatic N) is 1. The Morgan fingerprint density at radius 2 is 2.00 bits per heavy atom. The van der Waals surface area contributed by atoms with E-state index in [0.29, 0.717) is 5.92 Å². The molecule has 3 heteroatoms. The highest BCUT2D eigenvalue weighted by molar-refractivity contribution is 5.74. The summed E-state index contributed by atoms with van der Waals surface area (Å²) in [7, 11) is 0. The second-order valence-corrected chi connectivity index (χ2v) is 3.76. The Bertz CT molecular complexity index is 171. The minimum absolute atomic E-state index is 0.119. The molecule has 0 radical (unpaired) electrons. The molecule has 3 nitrogen and oxygen atoms in total. The first-order valence-electron chi connectivity index (χ1n) is 4.00. The molecule has 1 fully saturated rings. The van der Waals surface area contributed by atoms with Crippen LogP contribution in [0.5, 0.6) is 0 Å². The van der Waals surface area contributed by atoms with Gasteiger partial charge in [-0.1, -0.05) is 13.8 Å². The SMILES string of the molecule is CC(=O)N1CC(N)(C(C)C)C1. The monoisotopic (exact) mass is 156 g/mol. The highest BCUT2D eigenvalue weighted by atomic mass is 16.2. The summed E-state index contributed by atoms with van der Waals surface area (Å²) in [4.78, 5) is 12.6. The topological polar surface area (TPSA) is 46.3 Å². The van der Waals surface area contributed by atoms with Crippen LogP contribution < -0.4 is 5.73 Å². The molecule has 1 aliphatic rings. The van der Waals surface area contributed by atoms with Crippen molar-refractivity contribution in [1.82, 2.24) is 4.90 Å². The molecule has 0 unspecified atom stereocenters. The third-order valence-corrected chi connectivity index (χ3v) is 2.57. The van der Waals surface area contributed by atoms with E-state index in [9.17, 15) is 4.79 Å². The molecule has 0 atom stereocenters. The average Bonchev–Trinajstić information content (AvgIpc) is 1.79. The fraction of sp³-hybridized carbons (Fsp3) is 0.875. The van der Waals surface area contributed by atoms with Crippen LogP contribution in [-0.2, 0) is 4.79 Å². The van der Waals surface area contributed by atoms with E-state index in [1.165, 1.54) is 0 Å². The molecule has 0 spiro atoms. The molecule has 64 valence electrons. The van der Waals surface area contributed by atoms with Gasteiger partial charge in [0.15, 0.2) is 0 Å². The number of likely N-dealkylation sites (tertiary alicyclic amines) is 1. The third kappa shape index (κ3) is 1.38. The maximum atomic E-state index is 10.8. The number of carbonyl (C=O) groups is 1. The van der Waals surface area contributed by atoms with Crippen molar-refractivity contribution in [2.75, 3.05) is 13.1 Å². The zero-order chi connectivity index (χ0) is 8.65. The van der Waals surface area contributed by atoms with E-state index in [2.05, 4.69) is 13.8 Å². The predicted molar refractivity (Wildman–Crippen MR) is 44.0 cm³/mol. The van der Waals surface area contributed by atoms with Gasteiger partial charge in [0.05, 0.1) is 5.54 Å². The van der Waals surface area contributed by atoms with Gasteiger partial charge in [-0.2, -0.15) is 0 Å². The summed E-state index contributed by atoms with van der Waals surface area (Å²) in [5.74, 6) is 0.588. The molecule has 0 aromatic rings. The zero-order valence-electron chi connectivity index (χ0n) is 7.42. The third-order valence-electron chi connectivity index (χ3n) is 2.57. The largest absolute Gasteiger partial charge is 0.339 e. The van der Waals surface area contributed by atoms with Crippen molar-refractivity contribution in [3.8, 4) is 0 Å². The maximum absolute atomic E-state index is 10.8. The van der Waals surface area contributed by atoms with Crippen LogP contribution >= 0.6 is 0 Å². The molecule has 11 heavy (non-hydrogen) atoms. The lowest BCUT2D eigenvalue weighted by Crippen LogP contribution is -2.70. The standard InChI is InChI=1S/C8H16N2O/c1-6(2)8(9)4-10(5-8)7(3)11/h6H,4-5,9H2,1-3H3. The first kappa shape index (κ1) is 8.53. The molecule has 1 saturated heterocycles. The van der Waals surface area contributed by atoms with Gasteiger partial charge in [-0.3, -0.25) is 4.79 Å². The molecule has 0 aromatic carbocycles. The van der Waals surface area contributed by atoms with E-state index in [1.807, 2.05) is 0 Å². The van der Waals surface area contributed by atoms with Gasteiger partial charge in [-0.05, 0) is 5.92 Å². The van der Waals surface area contributed by atoms with Crippen LogP contribution in [0.25, 0.3) is 0 Å². The Morgan fingerprint density at radius 1 is 1.55 bits per heavy atom. The Balaban J connectivity index is 2.44. The summed E-state index contributed by atoms with van der Waals surface area (Å²) < 4.78 is 0. The molecule has 1 amide bonds. The van der Waals surface area contributed by atoms with E-state index < -0.39 is 0 Å². The molecular weight excluding hydrogens is 140 g/mol. The van der Waals surface area contributed by atoms with E-state index in [-0.39, 0.29) is 11.4 Å². The summed E-state index contributed by atoms with van der Waals surface area (Å²) in [5, 5.41) is 0. The second kappa shape index (κ2) is 2.48. The van der Waals surface area contributed by atoms with Crippen molar-refractivity contribution in [3.05, 3.63) is 0 Å². The minimum Gasteiger partial charge on any atom is -0.339 e. The van der Waals surface area contributed by atoms with E-state index in [1.54, 1.807) is 11.8 Å². The molecule has 0 saturated carbocycles. The van der Waals surface area contributed by atoms with Crippen molar-refractivity contribution < 1.29 is 4.79 Å². The lowest BCUT2D eigenvalue weighted by atomic mass is 9.80. The fourth-order valence-electron chi connectivity index (χ4n) is 1.25. The lowest BCUT2D eigenvalue weighted by molar-refractivity contribution is -0.137. The molecular formula is C8H16N2O. The van der Waals surface area contributed by atoms with Crippen LogP contribution in [0.4, 0.5) is 0 Å². The summed E-state index contributed by atoms with van der Waals surface area (Å²) in [6, 6.07) is 0. The summed E-state index contributed by atoms with van der Waals surface area (Å²) >= 11 is 0. The molecule has 2 N–H and O–H groups in total. The number of hydrogen-bond acceptors (Lipinski definition) is 2. The van der Waals surface area contributed by atoms with Crippen LogP contribution in [0.15, 0.2) is 0 Å². The average molecular weight is 156 g/mol. The minimum atomic E-state index is -0.119. The van der Waals surface area contributed by atoms with Crippen molar-refractivity contribution in [1.29, 1.82) is 0 Å². The van der Waals surface area contributed by atoms with Crippen LogP contribution in [0, 0.1) is 5.92 Å². The Morgan fingerprint density at radius 3 is 2.27 bits per heavy atom. The van der Waals surface area contributed by atoms with Gasteiger partial charge in [-0.15, -0.1) is 0 Å². The van der Waals surface area contributed by atoms with Gasteiger partial charge < -0.3 is 10.6 Å². The zero-order valence-corrected chi connectivity index (χ0v) is 7.42. The van der Waals surface area contributed by atoms with E-state index in [0.717, 1.165) is 13.1 Å². The number of hydrogen-bond donors (Lipinski definition) is 1. The van der Waals surface area contributed by atoms with E-state index in [4.69, 9.17) is 5.73 Å². The second-order valence-electron chi connectivity index (χ2n) is 3.76. The molecule has 0 bridgehead atoms. The highest BCUT2D eigenvalue weighted by Crippen LogP contribution is 2.25. The Hall–Kier alpha value is -0.570. The van der Waals surface area contributed by atoms with Gasteiger partial charge in [0.25, 0.3) is 0 Å². The van der Waals surface area contributed by atoms with Gasteiger partial charge in [-0.25, -0.2) is 0 Å². The summed E-state index contributed by atoms with van der Waals surface area (Å²) in [6.45, 7) is 7.22. The molecule has 0 aromatic heterocycles. The highest BCUT2D eigenvalue weighted by Gasteiger charge is 2.42. The quantitative estimate of drug-likeness (QED) is 0.589. The summed E-state index contributed by atoms with van der Waals surface area (Å²) in [6.07, 6.45) is 0. The number of carbonyl (C=O) groups excluding carboxylic acids is 1. The molecule has 0 aliphatic carbocycles. The Labute approximate surface area is 67.5 Å². The molecule has 1 rings (SSSR count). The van der Waals surface area contributed by atoms with Crippen LogP contribution in [0.1, 0.15) is 20.8 Å². The van der Waals surface area contributed by atoms with Crippen molar-refractivity contribution >= 4 is 5.91 Å². The fourth-order valence-corrected chi connectivity index (χ4v) is 1.25. The normalized spacial score (nSPS) is 21.7. The van der Waals surface area contributed by atoms with Crippen LogP contribution in [-0.4, -0.2) is 29.4 Å². The van der Waals surface area contributed by atoms with Crippen molar-refractivity contribution in [2.24, 2.45) is 11.7 Å². The first-order chi connectivity index (χ1) is 4.96. The van der Waals surface area contributed by atoms with Gasteiger partial charge in [0.2, 0.25) is 5.91 Å². The van der Waals surface area contributed by atoms with Gasteiger partial charge in [0, 0.05) is 20.0 Å². The van der Waals surface area contributed by atoms with Gasteiger partial charge >= 0.3 is 0 Å². The summed E-state index contributed by atoms with van der Waals surface area (Å²) in [5.41, 5.74) is 5.86. The van der Waals surface area contributed by atoms with Crippen molar-refractivity contribution in [2.45, 2.75) is 26.3 Å². The van der Waals surface area contributed by atoms with Gasteiger partial charge in [0.1, 0.15) is 0 Å². The van der Waals surface area contributed by atoms with Crippen LogP contribution in [0.3, 0.4) is 0 Å². The maximum Gasteiger partial charge on any atom is 0.219 e. The molecule has 1 aliphatic heterocycles. The number of rotatable bonds is 1. The number of nitrogens with two attached hydrogens (primary N) is 1. The van der Waals surface area contributed by atoms with Crippen LogP contribution in [0.2, 0.25) is 0 Å². The Kier molecular flexibility index (Phi) is 1.92. The first-order valence-corrected chi connectivity index (χ1v) is 4.00. The predicted octanol–water partition coefficient (Wildman–Crippen LogP) is 0.202. The molecule has 1 heterocycles. The van der Waals surface area contributed by atoms with Crippen molar-refractivity contribution in [3.63, 3.8) is 0 Å². The van der Waals surface area contributed by atoms with E-state index >= 15 is 0 Å². The lowest BCUT2D eigenvalue weighted by Gasteiger charge is -2.50. The smallest absolute Gasteiger partial charge is 0.219 e.